The number of aromatic nitrogens is 4. The zero-order valence-corrected chi connectivity index (χ0v) is 18.1. The van der Waals surface area contributed by atoms with Crippen molar-refractivity contribution >= 4 is 15.7 Å². The third-order valence-electron chi connectivity index (χ3n) is 4.82. The normalized spacial score (nSPS) is 11.3. The van der Waals surface area contributed by atoms with E-state index in [4.69, 9.17) is 4.74 Å². The Morgan fingerprint density at radius 2 is 1.68 bits per heavy atom. The standard InChI is InChI=1S/C22H21N5O3S/c1-15-4-9-20(14-16(15)2)31(28,29)26-18-5-7-19(8-6-18)30-22-11-10-21(24-25-22)27-13-12-23-17(27)3/h4-14,26H,1-3H3. The van der Waals surface area contributed by atoms with Gasteiger partial charge in [0.2, 0.25) is 5.88 Å². The summed E-state index contributed by atoms with van der Waals surface area (Å²) in [6, 6.07) is 15.1. The number of nitrogens with zero attached hydrogens (tertiary/aromatic N) is 4. The molecule has 1 N–H and O–H groups in total. The summed E-state index contributed by atoms with van der Waals surface area (Å²) in [4.78, 5) is 4.38. The van der Waals surface area contributed by atoms with Gasteiger partial charge in [-0.2, -0.15) is 0 Å². The molecule has 0 spiro atoms. The molecule has 158 valence electrons. The Labute approximate surface area is 180 Å². The average Bonchev–Trinajstić information content (AvgIpc) is 3.17. The molecule has 31 heavy (non-hydrogen) atoms. The van der Waals surface area contributed by atoms with Crippen LogP contribution in [0.15, 0.2) is 71.9 Å². The zero-order chi connectivity index (χ0) is 22.0. The third-order valence-corrected chi connectivity index (χ3v) is 6.20. The number of nitrogens with one attached hydrogen (secondary N) is 1. The predicted molar refractivity (Wildman–Crippen MR) is 117 cm³/mol. The Morgan fingerprint density at radius 1 is 0.903 bits per heavy atom. The highest BCUT2D eigenvalue weighted by Gasteiger charge is 2.15. The Morgan fingerprint density at radius 3 is 2.29 bits per heavy atom. The van der Waals surface area contributed by atoms with E-state index >= 15 is 0 Å². The van der Waals surface area contributed by atoms with Crippen LogP contribution in [0.25, 0.3) is 5.82 Å². The number of imidazole rings is 1. The number of rotatable bonds is 6. The number of anilines is 1. The Kier molecular flexibility index (Phi) is 5.43. The second-order valence-corrected chi connectivity index (χ2v) is 8.73. The summed E-state index contributed by atoms with van der Waals surface area (Å²) in [5, 5.41) is 8.22. The zero-order valence-electron chi connectivity index (χ0n) is 17.3. The first-order valence-electron chi connectivity index (χ1n) is 9.54. The second kappa shape index (κ2) is 8.19. The van der Waals surface area contributed by atoms with Crippen LogP contribution in [-0.4, -0.2) is 28.2 Å². The van der Waals surface area contributed by atoms with E-state index in [0.29, 0.717) is 23.1 Å². The summed E-state index contributed by atoms with van der Waals surface area (Å²) in [7, 11) is -3.67. The van der Waals surface area contributed by atoms with Crippen molar-refractivity contribution in [1.82, 2.24) is 19.7 Å². The van der Waals surface area contributed by atoms with Gasteiger partial charge in [0.15, 0.2) is 5.82 Å². The molecule has 0 aliphatic carbocycles. The molecule has 2 aromatic carbocycles. The number of ether oxygens (including phenoxy) is 1. The van der Waals surface area contributed by atoms with Gasteiger partial charge in [-0.15, -0.1) is 10.2 Å². The number of aryl methyl sites for hydroxylation is 3. The number of benzene rings is 2. The van der Waals surface area contributed by atoms with E-state index in [9.17, 15) is 8.42 Å². The predicted octanol–water partition coefficient (Wildman–Crippen LogP) is 4.18. The number of hydrogen-bond donors (Lipinski definition) is 1. The van der Waals surface area contributed by atoms with Crippen LogP contribution in [-0.2, 0) is 10.0 Å². The SMILES string of the molecule is Cc1ccc(S(=O)(=O)Nc2ccc(Oc3ccc(-n4ccnc4C)nn3)cc2)cc1C. The molecule has 0 saturated carbocycles. The fraction of sp³-hybridized carbons (Fsp3) is 0.136. The Balaban J connectivity index is 1.44. The fourth-order valence-electron chi connectivity index (χ4n) is 2.92. The lowest BCUT2D eigenvalue weighted by molar-refractivity contribution is 0.454. The van der Waals surface area contributed by atoms with Gasteiger partial charge in [0, 0.05) is 24.1 Å². The molecule has 4 rings (SSSR count). The molecule has 0 radical (unpaired) electrons. The summed E-state index contributed by atoms with van der Waals surface area (Å²) >= 11 is 0. The van der Waals surface area contributed by atoms with Crippen molar-refractivity contribution in [2.24, 2.45) is 0 Å². The van der Waals surface area contributed by atoms with E-state index in [1.54, 1.807) is 67.0 Å². The summed E-state index contributed by atoms with van der Waals surface area (Å²) in [6.07, 6.45) is 3.49. The monoisotopic (exact) mass is 435 g/mol. The molecule has 0 fully saturated rings. The minimum absolute atomic E-state index is 0.222. The molecule has 0 aliphatic heterocycles. The maximum atomic E-state index is 12.6. The van der Waals surface area contributed by atoms with E-state index in [1.165, 1.54) is 0 Å². The van der Waals surface area contributed by atoms with Crippen molar-refractivity contribution in [3.05, 3.63) is 83.9 Å². The first kappa shape index (κ1) is 20.5. The number of hydrogen-bond acceptors (Lipinski definition) is 6. The van der Waals surface area contributed by atoms with Crippen molar-refractivity contribution in [2.75, 3.05) is 4.72 Å². The molecule has 8 nitrogen and oxygen atoms in total. The van der Waals surface area contributed by atoms with Crippen molar-refractivity contribution in [2.45, 2.75) is 25.7 Å². The van der Waals surface area contributed by atoms with Crippen LogP contribution in [0.1, 0.15) is 17.0 Å². The lowest BCUT2D eigenvalue weighted by atomic mass is 10.1. The molecular weight excluding hydrogens is 414 g/mol. The molecular formula is C22H21N5O3S. The molecule has 4 aromatic rings. The van der Waals surface area contributed by atoms with Crippen LogP contribution < -0.4 is 9.46 Å². The highest BCUT2D eigenvalue weighted by molar-refractivity contribution is 7.92. The molecule has 2 heterocycles. The van der Waals surface area contributed by atoms with Crippen LogP contribution in [0, 0.1) is 20.8 Å². The first-order valence-corrected chi connectivity index (χ1v) is 11.0. The quantitative estimate of drug-likeness (QED) is 0.488. The van der Waals surface area contributed by atoms with Gasteiger partial charge in [-0.1, -0.05) is 6.07 Å². The van der Waals surface area contributed by atoms with Crippen LogP contribution in [0.3, 0.4) is 0 Å². The Hall–Kier alpha value is -3.72. The lowest BCUT2D eigenvalue weighted by Gasteiger charge is -2.11. The highest BCUT2D eigenvalue weighted by Crippen LogP contribution is 2.24. The van der Waals surface area contributed by atoms with Crippen LogP contribution in [0.2, 0.25) is 0 Å². The summed E-state index contributed by atoms with van der Waals surface area (Å²) in [5.41, 5.74) is 2.39. The van der Waals surface area contributed by atoms with Crippen molar-refractivity contribution < 1.29 is 13.2 Å². The van der Waals surface area contributed by atoms with Gasteiger partial charge < -0.3 is 4.74 Å². The average molecular weight is 436 g/mol. The summed E-state index contributed by atoms with van der Waals surface area (Å²) < 4.78 is 35.4. The Bertz CT molecular complexity index is 1310. The van der Waals surface area contributed by atoms with Crippen LogP contribution in [0.4, 0.5) is 5.69 Å². The van der Waals surface area contributed by atoms with E-state index < -0.39 is 10.0 Å². The lowest BCUT2D eigenvalue weighted by Crippen LogP contribution is -2.13. The van der Waals surface area contributed by atoms with Gasteiger partial charge in [0.1, 0.15) is 11.6 Å². The smallest absolute Gasteiger partial charge is 0.261 e. The van der Waals surface area contributed by atoms with Gasteiger partial charge in [0.05, 0.1) is 4.90 Å². The van der Waals surface area contributed by atoms with Crippen molar-refractivity contribution in [1.29, 1.82) is 0 Å². The molecule has 0 bridgehead atoms. The molecule has 0 saturated heterocycles. The molecule has 0 aliphatic rings. The molecule has 9 heteroatoms. The van der Waals surface area contributed by atoms with Gasteiger partial charge in [0.25, 0.3) is 10.0 Å². The minimum atomic E-state index is -3.67. The van der Waals surface area contributed by atoms with Gasteiger partial charge in [-0.05, 0) is 74.4 Å². The fourth-order valence-corrected chi connectivity index (χ4v) is 4.07. The highest BCUT2D eigenvalue weighted by atomic mass is 32.2. The minimum Gasteiger partial charge on any atom is -0.438 e. The van der Waals surface area contributed by atoms with E-state index in [1.807, 2.05) is 25.3 Å². The topological polar surface area (TPSA) is 99.0 Å². The van der Waals surface area contributed by atoms with Gasteiger partial charge in [-0.25, -0.2) is 13.4 Å². The second-order valence-electron chi connectivity index (χ2n) is 7.05. The molecule has 0 atom stereocenters. The maximum Gasteiger partial charge on any atom is 0.261 e. The maximum absolute atomic E-state index is 12.6. The first-order chi connectivity index (χ1) is 14.8. The third kappa shape index (κ3) is 4.56. The van der Waals surface area contributed by atoms with Crippen LogP contribution >= 0.6 is 0 Å². The summed E-state index contributed by atoms with van der Waals surface area (Å²) in [5.74, 6) is 2.28. The van der Waals surface area contributed by atoms with Crippen molar-refractivity contribution in [3.8, 4) is 17.4 Å². The van der Waals surface area contributed by atoms with E-state index in [-0.39, 0.29) is 4.90 Å². The van der Waals surface area contributed by atoms with Crippen molar-refractivity contribution in [3.63, 3.8) is 0 Å². The molecule has 0 unspecified atom stereocenters. The summed E-state index contributed by atoms with van der Waals surface area (Å²) in [6.45, 7) is 5.70. The molecule has 0 amide bonds. The van der Waals surface area contributed by atoms with Gasteiger partial charge >= 0.3 is 0 Å². The van der Waals surface area contributed by atoms with Crippen LogP contribution in [0.5, 0.6) is 11.6 Å². The van der Waals surface area contributed by atoms with E-state index in [0.717, 1.165) is 17.0 Å². The molecule has 2 aromatic heterocycles. The largest absolute Gasteiger partial charge is 0.438 e. The van der Waals surface area contributed by atoms with E-state index in [2.05, 4.69) is 19.9 Å². The number of sulfonamides is 1. The van der Waals surface area contributed by atoms with Gasteiger partial charge in [-0.3, -0.25) is 9.29 Å².